The van der Waals surface area contributed by atoms with Crippen LogP contribution in [-0.4, -0.2) is 25.5 Å². The van der Waals surface area contributed by atoms with Gasteiger partial charge in [0.15, 0.2) is 9.84 Å². The molecule has 2 heterocycles. The lowest BCUT2D eigenvalue weighted by Crippen LogP contribution is -2.53. The van der Waals surface area contributed by atoms with Crippen LogP contribution in [0.15, 0.2) is 23.0 Å². The SMILES string of the molecule is CC1(C)CS(=O)(=O)CC(c2ccoc2)N1. The van der Waals surface area contributed by atoms with Gasteiger partial charge in [-0.3, -0.25) is 0 Å². The Kier molecular flexibility index (Phi) is 2.39. The van der Waals surface area contributed by atoms with E-state index >= 15 is 0 Å². The van der Waals surface area contributed by atoms with Gasteiger partial charge in [-0.2, -0.15) is 0 Å². The van der Waals surface area contributed by atoms with Gasteiger partial charge < -0.3 is 9.73 Å². The van der Waals surface area contributed by atoms with Crippen molar-refractivity contribution in [3.05, 3.63) is 24.2 Å². The normalized spacial score (nSPS) is 28.8. The van der Waals surface area contributed by atoms with Gasteiger partial charge >= 0.3 is 0 Å². The van der Waals surface area contributed by atoms with Crippen molar-refractivity contribution in [1.82, 2.24) is 5.32 Å². The van der Waals surface area contributed by atoms with Crippen LogP contribution in [0.1, 0.15) is 25.5 Å². The molecule has 1 saturated heterocycles. The van der Waals surface area contributed by atoms with Crippen LogP contribution in [0.2, 0.25) is 0 Å². The minimum Gasteiger partial charge on any atom is -0.472 e. The Morgan fingerprint density at radius 2 is 2.27 bits per heavy atom. The number of rotatable bonds is 1. The molecule has 15 heavy (non-hydrogen) atoms. The second-order valence-corrected chi connectivity index (χ2v) is 6.80. The Bertz CT molecular complexity index is 433. The van der Waals surface area contributed by atoms with Gasteiger partial charge in [-0.25, -0.2) is 8.42 Å². The monoisotopic (exact) mass is 229 g/mol. The lowest BCUT2D eigenvalue weighted by atomic mass is 10.0. The molecule has 0 bridgehead atoms. The maximum absolute atomic E-state index is 11.7. The van der Waals surface area contributed by atoms with E-state index in [4.69, 9.17) is 4.42 Å². The van der Waals surface area contributed by atoms with Crippen LogP contribution in [-0.2, 0) is 9.84 Å². The molecule has 0 aromatic carbocycles. The van der Waals surface area contributed by atoms with E-state index in [1.807, 2.05) is 13.8 Å². The fourth-order valence-electron chi connectivity index (χ4n) is 2.07. The van der Waals surface area contributed by atoms with E-state index in [0.717, 1.165) is 5.56 Å². The molecule has 0 saturated carbocycles. The smallest absolute Gasteiger partial charge is 0.153 e. The summed E-state index contributed by atoms with van der Waals surface area (Å²) >= 11 is 0. The fraction of sp³-hybridized carbons (Fsp3) is 0.600. The van der Waals surface area contributed by atoms with Crippen LogP contribution in [0.5, 0.6) is 0 Å². The van der Waals surface area contributed by atoms with Gasteiger partial charge in [0.1, 0.15) is 0 Å². The zero-order valence-corrected chi connectivity index (χ0v) is 9.67. The number of furan rings is 1. The summed E-state index contributed by atoms with van der Waals surface area (Å²) in [5.74, 6) is 0.338. The zero-order valence-electron chi connectivity index (χ0n) is 8.86. The molecule has 1 aliphatic heterocycles. The Balaban J connectivity index is 2.29. The van der Waals surface area contributed by atoms with Gasteiger partial charge in [-0.15, -0.1) is 0 Å². The van der Waals surface area contributed by atoms with Gasteiger partial charge in [-0.1, -0.05) is 0 Å². The lowest BCUT2D eigenvalue weighted by molar-refractivity contribution is 0.358. The highest BCUT2D eigenvalue weighted by molar-refractivity contribution is 7.91. The summed E-state index contributed by atoms with van der Waals surface area (Å²) in [4.78, 5) is 0. The standard InChI is InChI=1S/C10H15NO3S/c1-10(2)7-15(12,13)6-9(11-10)8-3-4-14-5-8/h3-5,9,11H,6-7H2,1-2H3. The number of hydrogen-bond donors (Lipinski definition) is 1. The molecule has 0 radical (unpaired) electrons. The van der Waals surface area contributed by atoms with Crippen molar-refractivity contribution in [2.45, 2.75) is 25.4 Å². The minimum absolute atomic E-state index is 0.149. The highest BCUT2D eigenvalue weighted by atomic mass is 32.2. The topological polar surface area (TPSA) is 59.3 Å². The maximum atomic E-state index is 11.7. The first-order valence-electron chi connectivity index (χ1n) is 4.88. The van der Waals surface area contributed by atoms with E-state index in [9.17, 15) is 8.42 Å². The third-order valence-corrected chi connectivity index (χ3v) is 4.51. The Hall–Kier alpha value is -0.810. The van der Waals surface area contributed by atoms with Crippen molar-refractivity contribution in [2.75, 3.05) is 11.5 Å². The Labute approximate surface area is 89.6 Å². The molecule has 1 unspecified atom stereocenters. The van der Waals surface area contributed by atoms with Crippen molar-refractivity contribution in [3.63, 3.8) is 0 Å². The van der Waals surface area contributed by atoms with E-state index in [-0.39, 0.29) is 23.1 Å². The van der Waals surface area contributed by atoms with Crippen molar-refractivity contribution < 1.29 is 12.8 Å². The van der Waals surface area contributed by atoms with Crippen LogP contribution in [0.4, 0.5) is 0 Å². The van der Waals surface area contributed by atoms with Crippen LogP contribution in [0.3, 0.4) is 0 Å². The molecular weight excluding hydrogens is 214 g/mol. The summed E-state index contributed by atoms with van der Waals surface area (Å²) in [6.45, 7) is 3.80. The highest BCUT2D eigenvalue weighted by Gasteiger charge is 2.37. The summed E-state index contributed by atoms with van der Waals surface area (Å²) in [5.41, 5.74) is 0.519. The highest BCUT2D eigenvalue weighted by Crippen LogP contribution is 2.25. The molecule has 1 aliphatic rings. The summed E-state index contributed by atoms with van der Waals surface area (Å²) in [6, 6.07) is 1.65. The summed E-state index contributed by atoms with van der Waals surface area (Å²) in [6.07, 6.45) is 3.15. The van der Waals surface area contributed by atoms with E-state index in [0.29, 0.717) is 0 Å². The molecule has 4 nitrogen and oxygen atoms in total. The van der Waals surface area contributed by atoms with E-state index in [1.165, 1.54) is 0 Å². The predicted octanol–water partition coefficient (Wildman–Crippen LogP) is 1.12. The first kappa shape index (κ1) is 10.7. The van der Waals surface area contributed by atoms with Crippen LogP contribution in [0, 0.1) is 0 Å². The molecule has 1 atom stereocenters. The lowest BCUT2D eigenvalue weighted by Gasteiger charge is -2.36. The summed E-state index contributed by atoms with van der Waals surface area (Å²) in [7, 11) is -2.97. The average Bonchev–Trinajstić information content (AvgIpc) is 2.48. The van der Waals surface area contributed by atoms with Crippen LogP contribution >= 0.6 is 0 Å². The molecule has 84 valence electrons. The van der Waals surface area contributed by atoms with Crippen molar-refractivity contribution in [3.8, 4) is 0 Å². The first-order chi connectivity index (χ1) is 6.88. The minimum atomic E-state index is -2.97. The van der Waals surface area contributed by atoms with Crippen LogP contribution < -0.4 is 5.32 Å². The molecule has 1 aromatic rings. The largest absolute Gasteiger partial charge is 0.472 e. The molecule has 5 heteroatoms. The molecule has 1 aromatic heterocycles. The Morgan fingerprint density at radius 1 is 1.53 bits per heavy atom. The van der Waals surface area contributed by atoms with Gasteiger partial charge in [0, 0.05) is 17.1 Å². The quantitative estimate of drug-likeness (QED) is 0.784. The van der Waals surface area contributed by atoms with Gasteiger partial charge in [0.05, 0.1) is 24.0 Å². The third-order valence-electron chi connectivity index (χ3n) is 2.51. The molecule has 0 spiro atoms. The molecule has 2 rings (SSSR count). The predicted molar refractivity (Wildman–Crippen MR) is 57.3 cm³/mol. The van der Waals surface area contributed by atoms with Gasteiger partial charge in [-0.05, 0) is 19.9 Å². The second kappa shape index (κ2) is 3.35. The first-order valence-corrected chi connectivity index (χ1v) is 6.70. The molecule has 1 fully saturated rings. The second-order valence-electron chi connectivity index (χ2n) is 4.69. The molecule has 1 N–H and O–H groups in total. The molecule has 0 amide bonds. The zero-order chi connectivity index (χ0) is 11.1. The van der Waals surface area contributed by atoms with E-state index in [2.05, 4.69) is 5.32 Å². The number of nitrogens with one attached hydrogen (secondary N) is 1. The fourth-order valence-corrected chi connectivity index (χ4v) is 4.15. The average molecular weight is 229 g/mol. The van der Waals surface area contributed by atoms with Gasteiger partial charge in [0.2, 0.25) is 0 Å². The molecular formula is C10H15NO3S. The van der Waals surface area contributed by atoms with Crippen molar-refractivity contribution in [1.29, 1.82) is 0 Å². The van der Waals surface area contributed by atoms with E-state index < -0.39 is 9.84 Å². The third kappa shape index (κ3) is 2.41. The van der Waals surface area contributed by atoms with Crippen molar-refractivity contribution in [2.24, 2.45) is 0 Å². The van der Waals surface area contributed by atoms with Crippen LogP contribution in [0.25, 0.3) is 0 Å². The van der Waals surface area contributed by atoms with Crippen molar-refractivity contribution >= 4 is 9.84 Å². The summed E-state index contributed by atoms with van der Waals surface area (Å²) < 4.78 is 28.4. The van der Waals surface area contributed by atoms with E-state index in [1.54, 1.807) is 18.6 Å². The van der Waals surface area contributed by atoms with Gasteiger partial charge in [0.25, 0.3) is 0 Å². The number of sulfone groups is 1. The Morgan fingerprint density at radius 3 is 2.80 bits per heavy atom. The summed E-state index contributed by atoms with van der Waals surface area (Å²) in [5, 5.41) is 3.31. The maximum Gasteiger partial charge on any atom is 0.153 e. The molecule has 0 aliphatic carbocycles. The number of hydrogen-bond acceptors (Lipinski definition) is 4.